The van der Waals surface area contributed by atoms with Gasteiger partial charge in [-0.1, -0.05) is 6.07 Å². The molecule has 0 spiro atoms. The lowest BCUT2D eigenvalue weighted by atomic mass is 10.1. The van der Waals surface area contributed by atoms with Crippen molar-refractivity contribution in [2.45, 2.75) is 26.4 Å². The van der Waals surface area contributed by atoms with Gasteiger partial charge in [0.25, 0.3) is 5.24 Å². The van der Waals surface area contributed by atoms with Crippen molar-refractivity contribution in [3.63, 3.8) is 0 Å². The maximum atomic E-state index is 11.9. The van der Waals surface area contributed by atoms with E-state index in [1.165, 1.54) is 12.1 Å². The summed E-state index contributed by atoms with van der Waals surface area (Å²) in [5.74, 6) is -0.653. The largest absolute Gasteiger partial charge is 0.456 e. The van der Waals surface area contributed by atoms with E-state index in [-0.39, 0.29) is 16.8 Å². The predicted octanol–water partition coefficient (Wildman–Crippen LogP) is 2.60. The van der Waals surface area contributed by atoms with Crippen molar-refractivity contribution < 1.29 is 14.3 Å². The molecule has 0 heterocycles. The van der Waals surface area contributed by atoms with E-state index in [1.807, 2.05) is 0 Å². The Labute approximate surface area is 105 Å². The Balaban J connectivity index is 3.21. The highest BCUT2D eigenvalue weighted by Crippen LogP contribution is 2.22. The van der Waals surface area contributed by atoms with Gasteiger partial charge in [-0.3, -0.25) is 4.79 Å². The molecule has 0 aliphatic carbocycles. The monoisotopic (exact) mass is 255 g/mol. The average molecular weight is 256 g/mol. The number of esters is 1. The number of halogens is 1. The van der Waals surface area contributed by atoms with Crippen LogP contribution in [0.3, 0.4) is 0 Å². The van der Waals surface area contributed by atoms with Gasteiger partial charge in [0.2, 0.25) is 0 Å². The summed E-state index contributed by atoms with van der Waals surface area (Å²) in [5, 5.41) is -0.738. The molecule has 4 nitrogen and oxygen atoms in total. The van der Waals surface area contributed by atoms with Gasteiger partial charge in [-0.15, -0.1) is 0 Å². The third-order valence-electron chi connectivity index (χ3n) is 1.91. The van der Waals surface area contributed by atoms with Crippen LogP contribution in [-0.4, -0.2) is 16.8 Å². The van der Waals surface area contributed by atoms with E-state index in [9.17, 15) is 9.59 Å². The fourth-order valence-corrected chi connectivity index (χ4v) is 1.45. The minimum absolute atomic E-state index is 0.0161. The third-order valence-corrected chi connectivity index (χ3v) is 2.12. The zero-order valence-corrected chi connectivity index (χ0v) is 10.7. The van der Waals surface area contributed by atoms with Crippen molar-refractivity contribution in [1.29, 1.82) is 0 Å². The number of carbonyl (C=O) groups excluding carboxylic acids is 2. The van der Waals surface area contributed by atoms with Crippen LogP contribution in [0.5, 0.6) is 0 Å². The highest BCUT2D eigenvalue weighted by Gasteiger charge is 2.24. The number of hydrogen-bond acceptors (Lipinski definition) is 4. The molecule has 0 fully saturated rings. The second-order valence-electron chi connectivity index (χ2n) is 4.55. The van der Waals surface area contributed by atoms with Gasteiger partial charge in [-0.05, 0) is 44.5 Å². The molecule has 0 amide bonds. The Hall–Kier alpha value is -1.55. The van der Waals surface area contributed by atoms with E-state index in [4.69, 9.17) is 22.1 Å². The van der Waals surface area contributed by atoms with Gasteiger partial charge in [0.15, 0.2) is 0 Å². The third kappa shape index (κ3) is 3.46. The number of nitrogen functional groups attached to an aromatic ring is 1. The summed E-state index contributed by atoms with van der Waals surface area (Å²) in [5.41, 5.74) is 5.25. The summed E-state index contributed by atoms with van der Waals surface area (Å²) in [6, 6.07) is 4.51. The average Bonchev–Trinajstić information content (AvgIpc) is 2.13. The molecule has 0 radical (unpaired) electrons. The Morgan fingerprint density at radius 2 is 1.88 bits per heavy atom. The van der Waals surface area contributed by atoms with Crippen LogP contribution in [0.15, 0.2) is 18.2 Å². The standard InChI is InChI=1S/C12H14ClNO3/c1-12(2,3)17-11(16)9-7(10(13)15)5-4-6-8(9)14/h4-6H,14H2,1-3H3. The normalized spacial score (nSPS) is 11.1. The molecule has 0 aromatic heterocycles. The summed E-state index contributed by atoms with van der Waals surface area (Å²) < 4.78 is 5.17. The number of nitrogens with two attached hydrogens (primary N) is 1. The summed E-state index contributed by atoms with van der Waals surface area (Å²) in [6.45, 7) is 5.19. The van der Waals surface area contributed by atoms with E-state index in [0.29, 0.717) is 0 Å². The van der Waals surface area contributed by atoms with Gasteiger partial charge in [0.05, 0.1) is 11.1 Å². The fraction of sp³-hybridized carbons (Fsp3) is 0.333. The van der Waals surface area contributed by atoms with Crippen LogP contribution >= 0.6 is 11.6 Å². The summed E-state index contributed by atoms with van der Waals surface area (Å²) in [6.07, 6.45) is 0. The lowest BCUT2D eigenvalue weighted by molar-refractivity contribution is 0.00694. The molecule has 1 aromatic rings. The second kappa shape index (κ2) is 4.75. The molecule has 0 aliphatic rings. The Morgan fingerprint density at radius 1 is 1.29 bits per heavy atom. The molecule has 0 unspecified atom stereocenters. The first kappa shape index (κ1) is 13.5. The first-order chi connectivity index (χ1) is 7.72. The number of hydrogen-bond donors (Lipinski definition) is 1. The van der Waals surface area contributed by atoms with Crippen molar-refractivity contribution in [2.75, 3.05) is 5.73 Å². The maximum absolute atomic E-state index is 11.9. The number of ether oxygens (including phenoxy) is 1. The number of benzene rings is 1. The highest BCUT2D eigenvalue weighted by molar-refractivity contribution is 6.68. The quantitative estimate of drug-likeness (QED) is 0.501. The number of anilines is 1. The molecule has 2 N–H and O–H groups in total. The molecule has 0 atom stereocenters. The van der Waals surface area contributed by atoms with Crippen LogP contribution < -0.4 is 5.73 Å². The van der Waals surface area contributed by atoms with Crippen LogP contribution in [0.1, 0.15) is 41.5 Å². The van der Waals surface area contributed by atoms with Crippen molar-refractivity contribution in [2.24, 2.45) is 0 Å². The van der Waals surface area contributed by atoms with Crippen molar-refractivity contribution in [1.82, 2.24) is 0 Å². The second-order valence-corrected chi connectivity index (χ2v) is 4.89. The smallest absolute Gasteiger partial charge is 0.341 e. The molecule has 0 saturated carbocycles. The highest BCUT2D eigenvalue weighted by atomic mass is 35.5. The topological polar surface area (TPSA) is 69.4 Å². The number of carbonyl (C=O) groups is 2. The van der Waals surface area contributed by atoms with Crippen LogP contribution in [-0.2, 0) is 4.74 Å². The SMILES string of the molecule is CC(C)(C)OC(=O)c1c(N)cccc1C(=O)Cl. The molecule has 92 valence electrons. The summed E-state index contributed by atoms with van der Waals surface area (Å²) in [7, 11) is 0. The van der Waals surface area contributed by atoms with E-state index in [0.717, 1.165) is 0 Å². The maximum Gasteiger partial charge on any atom is 0.341 e. The molecule has 0 aliphatic heterocycles. The van der Waals surface area contributed by atoms with E-state index < -0.39 is 16.8 Å². The first-order valence-electron chi connectivity index (χ1n) is 5.04. The van der Waals surface area contributed by atoms with Crippen LogP contribution in [0.25, 0.3) is 0 Å². The van der Waals surface area contributed by atoms with Gasteiger partial charge in [-0.2, -0.15) is 0 Å². The molecule has 0 bridgehead atoms. The zero-order valence-electron chi connectivity index (χ0n) is 9.91. The van der Waals surface area contributed by atoms with Crippen molar-refractivity contribution in [3.05, 3.63) is 29.3 Å². The molecule has 17 heavy (non-hydrogen) atoms. The Bertz CT molecular complexity index is 463. The van der Waals surface area contributed by atoms with Crippen molar-refractivity contribution >= 4 is 28.5 Å². The molecular formula is C12H14ClNO3. The predicted molar refractivity (Wildman–Crippen MR) is 66.2 cm³/mol. The lowest BCUT2D eigenvalue weighted by Gasteiger charge is -2.20. The van der Waals surface area contributed by atoms with Gasteiger partial charge in [0, 0.05) is 5.69 Å². The molecule has 0 saturated heterocycles. The van der Waals surface area contributed by atoms with Gasteiger partial charge in [0.1, 0.15) is 5.60 Å². The molecule has 1 aromatic carbocycles. The molecular weight excluding hydrogens is 242 g/mol. The van der Waals surface area contributed by atoms with Crippen LogP contribution in [0.2, 0.25) is 0 Å². The fourth-order valence-electron chi connectivity index (χ4n) is 1.29. The Kier molecular flexibility index (Phi) is 3.78. The molecule has 5 heteroatoms. The van der Waals surface area contributed by atoms with Gasteiger partial charge in [-0.25, -0.2) is 4.79 Å². The minimum atomic E-state index is -0.738. The lowest BCUT2D eigenvalue weighted by Crippen LogP contribution is -2.25. The van der Waals surface area contributed by atoms with E-state index in [2.05, 4.69) is 0 Å². The minimum Gasteiger partial charge on any atom is -0.456 e. The first-order valence-corrected chi connectivity index (χ1v) is 5.42. The van der Waals surface area contributed by atoms with E-state index >= 15 is 0 Å². The van der Waals surface area contributed by atoms with Crippen LogP contribution in [0, 0.1) is 0 Å². The summed E-state index contributed by atoms with van der Waals surface area (Å²) >= 11 is 5.39. The zero-order chi connectivity index (χ0) is 13.2. The summed E-state index contributed by atoms with van der Waals surface area (Å²) in [4.78, 5) is 23.1. The Morgan fingerprint density at radius 3 is 2.35 bits per heavy atom. The van der Waals surface area contributed by atoms with E-state index in [1.54, 1.807) is 26.8 Å². The van der Waals surface area contributed by atoms with Crippen LogP contribution in [0.4, 0.5) is 5.69 Å². The van der Waals surface area contributed by atoms with Crippen molar-refractivity contribution in [3.8, 4) is 0 Å². The number of rotatable bonds is 2. The van der Waals surface area contributed by atoms with Gasteiger partial charge < -0.3 is 10.5 Å². The van der Waals surface area contributed by atoms with Gasteiger partial charge >= 0.3 is 5.97 Å². The molecule has 1 rings (SSSR count).